The second kappa shape index (κ2) is 6.46. The van der Waals surface area contributed by atoms with E-state index in [-0.39, 0.29) is 0 Å². The minimum atomic E-state index is -0.987. The average molecular weight is 302 g/mol. The highest BCUT2D eigenvalue weighted by atomic mass is 35.5. The fraction of sp³-hybridized carbons (Fsp3) is 0.118. The van der Waals surface area contributed by atoms with Crippen LogP contribution in [0.25, 0.3) is 6.08 Å². The third kappa shape index (κ3) is 3.64. The number of para-hydroxylation sites is 1. The van der Waals surface area contributed by atoms with Gasteiger partial charge in [0.05, 0.1) is 0 Å². The van der Waals surface area contributed by atoms with Gasteiger partial charge < -0.3 is 10.0 Å². The number of rotatable bonds is 4. The summed E-state index contributed by atoms with van der Waals surface area (Å²) >= 11 is 6.01. The molecule has 3 nitrogen and oxygen atoms in total. The van der Waals surface area contributed by atoms with Crippen molar-refractivity contribution in [2.45, 2.75) is 6.92 Å². The Balaban J connectivity index is 2.48. The van der Waals surface area contributed by atoms with Crippen LogP contribution in [0.1, 0.15) is 11.1 Å². The van der Waals surface area contributed by atoms with Crippen molar-refractivity contribution < 1.29 is 9.90 Å². The van der Waals surface area contributed by atoms with Crippen molar-refractivity contribution in [3.8, 4) is 0 Å². The fourth-order valence-corrected chi connectivity index (χ4v) is 2.38. The van der Waals surface area contributed by atoms with Crippen LogP contribution in [0, 0.1) is 6.92 Å². The Morgan fingerprint density at radius 3 is 2.57 bits per heavy atom. The Morgan fingerprint density at radius 1 is 1.19 bits per heavy atom. The molecule has 0 amide bonds. The maximum absolute atomic E-state index is 10.7. The minimum absolute atomic E-state index is 0.571. The number of halogens is 1. The molecule has 0 aliphatic heterocycles. The molecule has 2 aromatic carbocycles. The molecule has 2 rings (SSSR count). The molecule has 0 heterocycles. The number of benzene rings is 2. The van der Waals surface area contributed by atoms with Crippen LogP contribution in [-0.2, 0) is 4.79 Å². The van der Waals surface area contributed by atoms with Gasteiger partial charge in [-0.3, -0.25) is 0 Å². The first-order valence-corrected chi connectivity index (χ1v) is 6.87. The van der Waals surface area contributed by atoms with Crippen molar-refractivity contribution in [1.29, 1.82) is 0 Å². The number of carbonyl (C=O) groups is 1. The summed E-state index contributed by atoms with van der Waals surface area (Å²) in [6.07, 6.45) is 2.67. The number of anilines is 2. The lowest BCUT2D eigenvalue weighted by molar-refractivity contribution is -0.131. The van der Waals surface area contributed by atoms with Gasteiger partial charge in [-0.1, -0.05) is 29.8 Å². The van der Waals surface area contributed by atoms with Crippen LogP contribution in [0.2, 0.25) is 5.02 Å². The number of nitrogens with zero attached hydrogens (tertiary/aromatic N) is 1. The van der Waals surface area contributed by atoms with Crippen LogP contribution in [-0.4, -0.2) is 18.1 Å². The van der Waals surface area contributed by atoms with Crippen molar-refractivity contribution >= 4 is 35.0 Å². The molecular weight excluding hydrogens is 286 g/mol. The summed E-state index contributed by atoms with van der Waals surface area (Å²) in [5, 5.41) is 9.37. The van der Waals surface area contributed by atoms with E-state index in [0.29, 0.717) is 5.02 Å². The third-order valence-corrected chi connectivity index (χ3v) is 3.47. The molecule has 2 aromatic rings. The largest absolute Gasteiger partial charge is 0.478 e. The molecule has 0 fully saturated rings. The second-order valence-electron chi connectivity index (χ2n) is 4.72. The first-order chi connectivity index (χ1) is 9.99. The van der Waals surface area contributed by atoms with Crippen LogP contribution in [0.3, 0.4) is 0 Å². The highest BCUT2D eigenvalue weighted by Gasteiger charge is 2.10. The van der Waals surface area contributed by atoms with Gasteiger partial charge in [0, 0.05) is 29.5 Å². The second-order valence-corrected chi connectivity index (χ2v) is 5.16. The molecule has 0 saturated heterocycles. The SMILES string of the molecule is Cc1ccccc1N(C)c1ccc(Cl)cc1/C=C/C(=O)O. The molecule has 0 radical (unpaired) electrons. The van der Waals surface area contributed by atoms with Crippen molar-refractivity contribution in [2.75, 3.05) is 11.9 Å². The van der Waals surface area contributed by atoms with E-state index in [9.17, 15) is 4.79 Å². The number of carboxylic acids is 1. The molecule has 0 unspecified atom stereocenters. The lowest BCUT2D eigenvalue weighted by Crippen LogP contribution is -2.12. The summed E-state index contributed by atoms with van der Waals surface area (Å²) in [6.45, 7) is 2.04. The summed E-state index contributed by atoms with van der Waals surface area (Å²) in [7, 11) is 1.95. The van der Waals surface area contributed by atoms with E-state index in [2.05, 4.69) is 0 Å². The fourth-order valence-electron chi connectivity index (χ4n) is 2.19. The van der Waals surface area contributed by atoms with Crippen molar-refractivity contribution in [3.05, 3.63) is 64.7 Å². The monoisotopic (exact) mass is 301 g/mol. The molecule has 21 heavy (non-hydrogen) atoms. The number of carboxylic acid groups (broad SMARTS) is 1. The van der Waals surface area contributed by atoms with Gasteiger partial charge in [0.15, 0.2) is 0 Å². The van der Waals surface area contributed by atoms with Crippen LogP contribution >= 0.6 is 11.6 Å². The average Bonchev–Trinajstić information content (AvgIpc) is 2.45. The van der Waals surface area contributed by atoms with Crippen LogP contribution in [0.15, 0.2) is 48.5 Å². The topological polar surface area (TPSA) is 40.5 Å². The standard InChI is InChI=1S/C17H16ClNO2/c1-12-5-3-4-6-15(12)19(2)16-9-8-14(18)11-13(16)7-10-17(20)21/h3-11H,1-2H3,(H,20,21)/b10-7+. The Hall–Kier alpha value is -2.26. The van der Waals surface area contributed by atoms with Gasteiger partial charge >= 0.3 is 5.97 Å². The molecule has 0 aliphatic carbocycles. The Morgan fingerprint density at radius 2 is 1.90 bits per heavy atom. The van der Waals surface area contributed by atoms with E-state index in [4.69, 9.17) is 16.7 Å². The van der Waals surface area contributed by atoms with Gasteiger partial charge in [-0.05, 0) is 48.4 Å². The van der Waals surface area contributed by atoms with Gasteiger partial charge in [0.1, 0.15) is 0 Å². The van der Waals surface area contributed by atoms with E-state index < -0.39 is 5.97 Å². The molecule has 0 aliphatic rings. The molecule has 0 saturated carbocycles. The van der Waals surface area contributed by atoms with Gasteiger partial charge in [0.2, 0.25) is 0 Å². The van der Waals surface area contributed by atoms with Gasteiger partial charge in [-0.2, -0.15) is 0 Å². The van der Waals surface area contributed by atoms with Gasteiger partial charge in [-0.15, -0.1) is 0 Å². The zero-order chi connectivity index (χ0) is 15.4. The van der Waals surface area contributed by atoms with Crippen LogP contribution in [0.5, 0.6) is 0 Å². The lowest BCUT2D eigenvalue weighted by atomic mass is 10.1. The van der Waals surface area contributed by atoms with Crippen molar-refractivity contribution in [1.82, 2.24) is 0 Å². The molecule has 0 aromatic heterocycles. The highest BCUT2D eigenvalue weighted by Crippen LogP contribution is 2.31. The molecule has 0 bridgehead atoms. The number of hydrogen-bond donors (Lipinski definition) is 1. The van der Waals surface area contributed by atoms with E-state index in [0.717, 1.165) is 28.6 Å². The third-order valence-electron chi connectivity index (χ3n) is 3.23. The number of aryl methyl sites for hydroxylation is 1. The number of aliphatic carboxylic acids is 1. The summed E-state index contributed by atoms with van der Waals surface area (Å²) < 4.78 is 0. The zero-order valence-corrected chi connectivity index (χ0v) is 12.6. The Labute approximate surface area is 129 Å². The zero-order valence-electron chi connectivity index (χ0n) is 11.9. The molecule has 108 valence electrons. The van der Waals surface area contributed by atoms with E-state index in [1.165, 1.54) is 0 Å². The van der Waals surface area contributed by atoms with Crippen molar-refractivity contribution in [2.24, 2.45) is 0 Å². The maximum atomic E-state index is 10.7. The van der Waals surface area contributed by atoms with Gasteiger partial charge in [-0.25, -0.2) is 4.79 Å². The van der Waals surface area contributed by atoms with E-state index >= 15 is 0 Å². The van der Waals surface area contributed by atoms with E-state index in [1.807, 2.05) is 49.2 Å². The molecule has 4 heteroatoms. The predicted octanol–water partition coefficient (Wildman–Crippen LogP) is 4.51. The Kier molecular flexibility index (Phi) is 4.66. The first kappa shape index (κ1) is 15.1. The van der Waals surface area contributed by atoms with Crippen LogP contribution < -0.4 is 4.90 Å². The van der Waals surface area contributed by atoms with Crippen molar-refractivity contribution in [3.63, 3.8) is 0 Å². The molecule has 0 atom stereocenters. The smallest absolute Gasteiger partial charge is 0.328 e. The quantitative estimate of drug-likeness (QED) is 0.844. The summed E-state index contributed by atoms with van der Waals surface area (Å²) in [5.41, 5.74) is 3.86. The lowest BCUT2D eigenvalue weighted by Gasteiger charge is -2.23. The molecule has 1 N–H and O–H groups in total. The normalized spacial score (nSPS) is 10.8. The summed E-state index contributed by atoms with van der Waals surface area (Å²) in [5.74, 6) is -0.987. The maximum Gasteiger partial charge on any atom is 0.328 e. The predicted molar refractivity (Wildman–Crippen MR) is 87.4 cm³/mol. The molecule has 0 spiro atoms. The summed E-state index contributed by atoms with van der Waals surface area (Å²) in [6, 6.07) is 13.5. The van der Waals surface area contributed by atoms with E-state index in [1.54, 1.807) is 18.2 Å². The van der Waals surface area contributed by atoms with Crippen LogP contribution in [0.4, 0.5) is 11.4 Å². The van der Waals surface area contributed by atoms with Gasteiger partial charge in [0.25, 0.3) is 0 Å². The molecular formula is C17H16ClNO2. The Bertz CT molecular complexity index is 695. The first-order valence-electron chi connectivity index (χ1n) is 6.49. The number of hydrogen-bond acceptors (Lipinski definition) is 2. The highest BCUT2D eigenvalue weighted by molar-refractivity contribution is 6.30. The summed E-state index contributed by atoms with van der Waals surface area (Å²) in [4.78, 5) is 12.8. The minimum Gasteiger partial charge on any atom is -0.478 e.